The zero-order valence-electron chi connectivity index (χ0n) is 11.3. The van der Waals surface area contributed by atoms with Crippen molar-refractivity contribution in [1.29, 1.82) is 0 Å². The number of rotatable bonds is 4. The van der Waals surface area contributed by atoms with E-state index in [0.717, 1.165) is 0 Å². The Morgan fingerprint density at radius 1 is 1.11 bits per heavy atom. The molecule has 4 N–H and O–H groups in total. The van der Waals surface area contributed by atoms with E-state index in [1.165, 1.54) is 6.92 Å². The third kappa shape index (κ3) is 5.28. The summed E-state index contributed by atoms with van der Waals surface area (Å²) in [6, 6.07) is 6.92. The summed E-state index contributed by atoms with van der Waals surface area (Å²) in [4.78, 5) is 22.7. The van der Waals surface area contributed by atoms with Gasteiger partial charge < -0.3 is 16.4 Å². The fourth-order valence-electron chi connectivity index (χ4n) is 1.23. The van der Waals surface area contributed by atoms with E-state index in [1.54, 1.807) is 38.1 Å². The second-order valence-electron chi connectivity index (χ2n) is 4.80. The third-order valence-corrected chi connectivity index (χ3v) is 2.59. The lowest BCUT2D eigenvalue weighted by molar-refractivity contribution is -0.123. The molecule has 1 aromatic rings. The maximum Gasteiger partial charge on any atom is 0.231 e. The quantitative estimate of drug-likeness (QED) is 0.791. The number of halogens is 1. The van der Waals surface area contributed by atoms with Gasteiger partial charge in [-0.15, -0.1) is 12.4 Å². The summed E-state index contributed by atoms with van der Waals surface area (Å²) in [6.45, 7) is 5.30. The standard InChI is InChI=1S/C13H19N3O2.ClH/c1-9(17)15-10-4-6-11(7-5-10)16-12(18)13(2,3)8-14;/h4-7H,8,14H2,1-3H3,(H,15,17)(H,16,18);1H. The highest BCUT2D eigenvalue weighted by Crippen LogP contribution is 2.18. The number of carbonyl (C=O) groups is 2. The van der Waals surface area contributed by atoms with Gasteiger partial charge in [-0.05, 0) is 38.1 Å². The monoisotopic (exact) mass is 285 g/mol. The van der Waals surface area contributed by atoms with E-state index in [2.05, 4.69) is 10.6 Å². The van der Waals surface area contributed by atoms with Crippen LogP contribution in [0.25, 0.3) is 0 Å². The Morgan fingerprint density at radius 2 is 1.53 bits per heavy atom. The molecular weight excluding hydrogens is 266 g/mol. The van der Waals surface area contributed by atoms with Crippen molar-refractivity contribution in [1.82, 2.24) is 0 Å². The molecule has 106 valence electrons. The van der Waals surface area contributed by atoms with Crippen LogP contribution in [-0.4, -0.2) is 18.4 Å². The first-order chi connectivity index (χ1) is 8.35. The average molecular weight is 286 g/mol. The van der Waals surface area contributed by atoms with E-state index in [0.29, 0.717) is 11.4 Å². The molecule has 0 spiro atoms. The first kappa shape index (κ1) is 17.4. The molecule has 0 aliphatic heterocycles. The first-order valence-corrected chi connectivity index (χ1v) is 5.74. The number of hydrogen-bond acceptors (Lipinski definition) is 3. The zero-order valence-corrected chi connectivity index (χ0v) is 12.1. The summed E-state index contributed by atoms with van der Waals surface area (Å²) < 4.78 is 0. The summed E-state index contributed by atoms with van der Waals surface area (Å²) >= 11 is 0. The third-order valence-electron chi connectivity index (χ3n) is 2.59. The summed E-state index contributed by atoms with van der Waals surface area (Å²) in [5.74, 6) is -0.256. The summed E-state index contributed by atoms with van der Waals surface area (Å²) in [5.41, 5.74) is 6.30. The van der Waals surface area contributed by atoms with Gasteiger partial charge in [0.05, 0.1) is 5.41 Å². The number of anilines is 2. The zero-order chi connectivity index (χ0) is 13.8. The van der Waals surface area contributed by atoms with Gasteiger partial charge in [-0.2, -0.15) is 0 Å². The highest BCUT2D eigenvalue weighted by molar-refractivity contribution is 5.95. The second-order valence-corrected chi connectivity index (χ2v) is 4.80. The predicted octanol–water partition coefficient (Wildman–Crippen LogP) is 1.99. The van der Waals surface area contributed by atoms with E-state index in [1.807, 2.05) is 0 Å². The van der Waals surface area contributed by atoms with Crippen LogP contribution in [0.3, 0.4) is 0 Å². The van der Waals surface area contributed by atoms with Gasteiger partial charge in [0.15, 0.2) is 0 Å². The van der Waals surface area contributed by atoms with E-state index in [-0.39, 0.29) is 30.8 Å². The second kappa shape index (κ2) is 7.11. The summed E-state index contributed by atoms with van der Waals surface area (Å²) in [7, 11) is 0. The SMILES string of the molecule is CC(=O)Nc1ccc(NC(=O)C(C)(C)CN)cc1.Cl. The van der Waals surface area contributed by atoms with Crippen LogP contribution >= 0.6 is 12.4 Å². The number of amides is 2. The molecular formula is C13H20ClN3O2. The molecule has 0 aliphatic rings. The van der Waals surface area contributed by atoms with Crippen LogP contribution in [0, 0.1) is 5.41 Å². The molecule has 0 radical (unpaired) electrons. The lowest BCUT2D eigenvalue weighted by Crippen LogP contribution is -2.37. The molecule has 1 rings (SSSR count). The molecule has 0 aromatic heterocycles. The van der Waals surface area contributed by atoms with Gasteiger partial charge in [0.2, 0.25) is 11.8 Å². The predicted molar refractivity (Wildman–Crippen MR) is 79.5 cm³/mol. The van der Waals surface area contributed by atoms with E-state index in [4.69, 9.17) is 5.73 Å². The smallest absolute Gasteiger partial charge is 0.231 e. The van der Waals surface area contributed by atoms with Crippen molar-refractivity contribution in [2.45, 2.75) is 20.8 Å². The lowest BCUT2D eigenvalue weighted by Gasteiger charge is -2.21. The van der Waals surface area contributed by atoms with Crippen molar-refractivity contribution in [3.8, 4) is 0 Å². The highest BCUT2D eigenvalue weighted by atomic mass is 35.5. The van der Waals surface area contributed by atoms with Gasteiger partial charge in [0, 0.05) is 24.8 Å². The highest BCUT2D eigenvalue weighted by Gasteiger charge is 2.25. The molecule has 0 saturated heterocycles. The molecule has 5 nitrogen and oxygen atoms in total. The van der Waals surface area contributed by atoms with Gasteiger partial charge in [-0.3, -0.25) is 9.59 Å². The number of benzene rings is 1. The number of carbonyl (C=O) groups excluding carboxylic acids is 2. The van der Waals surface area contributed by atoms with Gasteiger partial charge in [-0.1, -0.05) is 0 Å². The minimum atomic E-state index is -0.601. The molecule has 0 heterocycles. The Bertz CT molecular complexity index is 444. The molecule has 0 saturated carbocycles. The molecule has 0 atom stereocenters. The van der Waals surface area contributed by atoms with Gasteiger partial charge in [0.1, 0.15) is 0 Å². The van der Waals surface area contributed by atoms with Crippen molar-refractivity contribution >= 4 is 35.6 Å². The molecule has 0 unspecified atom stereocenters. The van der Waals surface area contributed by atoms with Gasteiger partial charge in [-0.25, -0.2) is 0 Å². The molecule has 6 heteroatoms. The molecule has 0 aliphatic carbocycles. The van der Waals surface area contributed by atoms with Crippen molar-refractivity contribution in [2.75, 3.05) is 17.2 Å². The van der Waals surface area contributed by atoms with Crippen LogP contribution in [0.15, 0.2) is 24.3 Å². The van der Waals surface area contributed by atoms with Crippen LogP contribution < -0.4 is 16.4 Å². The molecule has 19 heavy (non-hydrogen) atoms. The first-order valence-electron chi connectivity index (χ1n) is 5.74. The minimum absolute atomic E-state index is 0. The van der Waals surface area contributed by atoms with E-state index < -0.39 is 5.41 Å². The average Bonchev–Trinajstić information content (AvgIpc) is 2.31. The lowest BCUT2D eigenvalue weighted by atomic mass is 9.92. The van der Waals surface area contributed by atoms with Crippen molar-refractivity contribution < 1.29 is 9.59 Å². The molecule has 0 fully saturated rings. The normalized spacial score (nSPS) is 10.3. The van der Waals surface area contributed by atoms with E-state index in [9.17, 15) is 9.59 Å². The molecule has 1 aromatic carbocycles. The van der Waals surface area contributed by atoms with Gasteiger partial charge >= 0.3 is 0 Å². The van der Waals surface area contributed by atoms with Crippen molar-refractivity contribution in [2.24, 2.45) is 11.1 Å². The molecule has 0 bridgehead atoms. The maximum atomic E-state index is 11.9. The van der Waals surface area contributed by atoms with Crippen LogP contribution in [0.2, 0.25) is 0 Å². The Labute approximate surface area is 119 Å². The Kier molecular flexibility index (Phi) is 6.52. The topological polar surface area (TPSA) is 84.2 Å². The van der Waals surface area contributed by atoms with E-state index >= 15 is 0 Å². The Hall–Kier alpha value is -1.59. The van der Waals surface area contributed by atoms with Crippen LogP contribution in [-0.2, 0) is 9.59 Å². The number of hydrogen-bond donors (Lipinski definition) is 3. The molecule has 2 amide bonds. The fourth-order valence-corrected chi connectivity index (χ4v) is 1.23. The van der Waals surface area contributed by atoms with Crippen LogP contribution in [0.5, 0.6) is 0 Å². The number of nitrogens with two attached hydrogens (primary N) is 1. The van der Waals surface area contributed by atoms with Crippen molar-refractivity contribution in [3.63, 3.8) is 0 Å². The Morgan fingerprint density at radius 3 is 1.89 bits per heavy atom. The van der Waals surface area contributed by atoms with Gasteiger partial charge in [0.25, 0.3) is 0 Å². The largest absolute Gasteiger partial charge is 0.329 e. The van der Waals surface area contributed by atoms with Crippen LogP contribution in [0.4, 0.5) is 11.4 Å². The minimum Gasteiger partial charge on any atom is -0.329 e. The maximum absolute atomic E-state index is 11.9. The number of nitrogens with one attached hydrogen (secondary N) is 2. The Balaban J connectivity index is 0.00000324. The van der Waals surface area contributed by atoms with Crippen LogP contribution in [0.1, 0.15) is 20.8 Å². The van der Waals surface area contributed by atoms with Crippen molar-refractivity contribution in [3.05, 3.63) is 24.3 Å². The summed E-state index contributed by atoms with van der Waals surface area (Å²) in [5, 5.41) is 5.44. The summed E-state index contributed by atoms with van der Waals surface area (Å²) in [6.07, 6.45) is 0. The fraction of sp³-hybridized carbons (Fsp3) is 0.385.